The van der Waals surface area contributed by atoms with Crippen LogP contribution >= 0.6 is 11.3 Å². The Hall–Kier alpha value is -3.23. The van der Waals surface area contributed by atoms with Crippen molar-refractivity contribution >= 4 is 43.2 Å². The summed E-state index contributed by atoms with van der Waals surface area (Å²) in [6.45, 7) is 2.59. The molecule has 5 rings (SSSR count). The second-order valence-electron chi connectivity index (χ2n) is 7.21. The number of fused-ring (bicyclic) bond motifs is 1. The smallest absolute Gasteiger partial charge is 0.242 e. The minimum Gasteiger partial charge on any atom is -0.378 e. The number of nitrogen functional groups attached to an aromatic ring is 1. The van der Waals surface area contributed by atoms with Gasteiger partial charge in [0.05, 0.1) is 33.9 Å². The van der Waals surface area contributed by atoms with Crippen molar-refractivity contribution in [3.63, 3.8) is 0 Å². The summed E-state index contributed by atoms with van der Waals surface area (Å²) in [6.07, 6.45) is 4.27. The Labute approximate surface area is 186 Å². The van der Waals surface area contributed by atoms with Crippen LogP contribution in [0.1, 0.15) is 5.89 Å². The van der Waals surface area contributed by atoms with E-state index in [2.05, 4.69) is 30.0 Å². The molecule has 4 aromatic rings. The zero-order valence-electron chi connectivity index (χ0n) is 16.9. The maximum Gasteiger partial charge on any atom is 0.242 e. The molecule has 14 heteroatoms. The second-order valence-corrected chi connectivity index (χ2v) is 10.4. The molecule has 0 aromatic carbocycles. The molecular weight excluding hydrogens is 456 g/mol. The Morgan fingerprint density at radius 2 is 1.88 bits per heavy atom. The molecule has 32 heavy (non-hydrogen) atoms. The SMILES string of the molecule is CS(=O)(=O)Cc1nc(-c2cc3nc(-c4cnc(N)nc4)nc(N4CCOCC4)c3s2)no1. The molecule has 166 valence electrons. The number of hydrogen-bond acceptors (Lipinski definition) is 13. The Kier molecular flexibility index (Phi) is 5.19. The van der Waals surface area contributed by atoms with Crippen molar-refractivity contribution in [2.75, 3.05) is 43.2 Å². The maximum atomic E-state index is 11.5. The molecule has 0 saturated carbocycles. The number of nitrogens with zero attached hydrogens (tertiary/aromatic N) is 7. The van der Waals surface area contributed by atoms with Crippen LogP contribution in [0.25, 0.3) is 32.3 Å². The first kappa shape index (κ1) is 20.7. The zero-order valence-corrected chi connectivity index (χ0v) is 18.6. The molecule has 1 saturated heterocycles. The number of sulfone groups is 1. The number of morpholine rings is 1. The number of anilines is 2. The third-order valence-corrected chi connectivity index (χ3v) is 6.56. The van der Waals surface area contributed by atoms with E-state index in [1.54, 1.807) is 12.4 Å². The van der Waals surface area contributed by atoms with Gasteiger partial charge < -0.3 is 19.9 Å². The molecule has 0 aliphatic carbocycles. The molecule has 0 bridgehead atoms. The standard InChI is InChI=1S/C18H18N8O4S2/c1-32(27,28)9-13-23-16(25-30-13)12-6-11-14(31-12)17(26-2-4-29-5-3-26)24-15(22-11)10-7-20-18(19)21-8-10/h6-8H,2-5,9H2,1H3,(H2,19,20,21). The average molecular weight is 475 g/mol. The highest BCUT2D eigenvalue weighted by atomic mass is 32.2. The van der Waals surface area contributed by atoms with Gasteiger partial charge in [-0.3, -0.25) is 0 Å². The van der Waals surface area contributed by atoms with E-state index in [-0.39, 0.29) is 17.6 Å². The number of aromatic nitrogens is 6. The van der Waals surface area contributed by atoms with Crippen LogP contribution in [0.4, 0.5) is 11.8 Å². The predicted molar refractivity (Wildman–Crippen MR) is 118 cm³/mol. The molecule has 0 amide bonds. The average Bonchev–Trinajstić information content (AvgIpc) is 3.39. The van der Waals surface area contributed by atoms with Gasteiger partial charge in [-0.25, -0.2) is 28.4 Å². The van der Waals surface area contributed by atoms with Crippen LogP contribution in [-0.4, -0.2) is 71.1 Å². The fraction of sp³-hybridized carbons (Fsp3) is 0.333. The molecule has 12 nitrogen and oxygen atoms in total. The molecule has 2 N–H and O–H groups in total. The van der Waals surface area contributed by atoms with Crippen molar-refractivity contribution in [2.45, 2.75) is 5.75 Å². The zero-order chi connectivity index (χ0) is 22.3. The van der Waals surface area contributed by atoms with E-state index in [1.807, 2.05) is 6.07 Å². The van der Waals surface area contributed by atoms with Gasteiger partial charge in [0.15, 0.2) is 21.5 Å². The summed E-state index contributed by atoms with van der Waals surface area (Å²) in [7, 11) is -3.29. The lowest BCUT2D eigenvalue weighted by Gasteiger charge is -2.28. The van der Waals surface area contributed by atoms with Gasteiger partial charge in [0.25, 0.3) is 0 Å². The lowest BCUT2D eigenvalue weighted by Crippen LogP contribution is -2.36. The quantitative estimate of drug-likeness (QED) is 0.440. The van der Waals surface area contributed by atoms with E-state index >= 15 is 0 Å². The van der Waals surface area contributed by atoms with Gasteiger partial charge in [-0.1, -0.05) is 5.16 Å². The second kappa shape index (κ2) is 8.03. The van der Waals surface area contributed by atoms with E-state index in [1.165, 1.54) is 11.3 Å². The van der Waals surface area contributed by atoms with Gasteiger partial charge >= 0.3 is 0 Å². The third kappa shape index (κ3) is 4.24. The summed E-state index contributed by atoms with van der Waals surface area (Å²) in [5, 5.41) is 3.94. The van der Waals surface area contributed by atoms with Crippen LogP contribution in [0, 0.1) is 0 Å². The molecule has 1 aliphatic rings. The van der Waals surface area contributed by atoms with Crippen molar-refractivity contribution in [3.8, 4) is 22.1 Å². The van der Waals surface area contributed by atoms with Crippen LogP contribution in [0.3, 0.4) is 0 Å². The van der Waals surface area contributed by atoms with E-state index in [4.69, 9.17) is 20.0 Å². The molecule has 1 aliphatic heterocycles. The summed E-state index contributed by atoms with van der Waals surface area (Å²) in [4.78, 5) is 24.6. The summed E-state index contributed by atoms with van der Waals surface area (Å²) in [5.74, 6) is 1.43. The van der Waals surface area contributed by atoms with Gasteiger partial charge in [0.2, 0.25) is 17.7 Å². The number of hydrogen-bond donors (Lipinski definition) is 1. The van der Waals surface area contributed by atoms with E-state index in [0.29, 0.717) is 53.9 Å². The largest absolute Gasteiger partial charge is 0.378 e. The first-order chi connectivity index (χ1) is 15.4. The highest BCUT2D eigenvalue weighted by Gasteiger charge is 2.22. The van der Waals surface area contributed by atoms with Gasteiger partial charge in [-0.05, 0) is 6.07 Å². The Morgan fingerprint density at radius 3 is 2.59 bits per heavy atom. The van der Waals surface area contributed by atoms with Crippen molar-refractivity contribution in [3.05, 3.63) is 24.4 Å². The molecular formula is C18H18N8O4S2. The normalized spacial score (nSPS) is 14.8. The highest BCUT2D eigenvalue weighted by Crippen LogP contribution is 2.37. The third-order valence-electron chi connectivity index (χ3n) is 4.67. The number of ether oxygens (including phenoxy) is 1. The van der Waals surface area contributed by atoms with Gasteiger partial charge in [-0.15, -0.1) is 11.3 Å². The van der Waals surface area contributed by atoms with E-state index < -0.39 is 9.84 Å². The minimum absolute atomic E-state index is 0.0409. The van der Waals surface area contributed by atoms with Crippen LogP contribution < -0.4 is 10.6 Å². The van der Waals surface area contributed by atoms with Gasteiger partial charge in [0.1, 0.15) is 5.75 Å². The minimum atomic E-state index is -3.29. The number of nitrogens with two attached hydrogens (primary N) is 1. The van der Waals surface area contributed by atoms with E-state index in [0.717, 1.165) is 16.8 Å². The molecule has 5 heterocycles. The summed E-state index contributed by atoms with van der Waals surface area (Å²) >= 11 is 1.42. The predicted octanol–water partition coefficient (Wildman–Crippen LogP) is 1.16. The Morgan fingerprint density at radius 1 is 1.12 bits per heavy atom. The maximum absolute atomic E-state index is 11.5. The van der Waals surface area contributed by atoms with Crippen LogP contribution in [0.5, 0.6) is 0 Å². The lowest BCUT2D eigenvalue weighted by molar-refractivity contribution is 0.122. The Balaban J connectivity index is 1.61. The first-order valence-electron chi connectivity index (χ1n) is 9.58. The van der Waals surface area contributed by atoms with Gasteiger partial charge in [-0.2, -0.15) is 4.98 Å². The topological polar surface area (TPSA) is 163 Å². The Bertz CT molecular complexity index is 1380. The fourth-order valence-corrected chi connectivity index (χ4v) is 4.84. The fourth-order valence-electron chi connectivity index (χ4n) is 3.23. The molecule has 1 fully saturated rings. The molecule has 4 aromatic heterocycles. The highest BCUT2D eigenvalue weighted by molar-refractivity contribution is 7.89. The summed E-state index contributed by atoms with van der Waals surface area (Å²) in [6, 6.07) is 1.84. The van der Waals surface area contributed by atoms with Gasteiger partial charge in [0, 0.05) is 31.7 Å². The molecule has 0 atom stereocenters. The first-order valence-corrected chi connectivity index (χ1v) is 12.5. The number of rotatable bonds is 5. The van der Waals surface area contributed by atoms with E-state index in [9.17, 15) is 8.42 Å². The summed E-state index contributed by atoms with van der Waals surface area (Å²) < 4.78 is 34.5. The van der Waals surface area contributed by atoms with Crippen molar-refractivity contribution < 1.29 is 17.7 Å². The monoisotopic (exact) mass is 474 g/mol. The van der Waals surface area contributed by atoms with Crippen LogP contribution in [0.15, 0.2) is 23.0 Å². The lowest BCUT2D eigenvalue weighted by atomic mass is 10.3. The van der Waals surface area contributed by atoms with Crippen molar-refractivity contribution in [1.82, 2.24) is 30.1 Å². The van der Waals surface area contributed by atoms with Crippen molar-refractivity contribution in [2.24, 2.45) is 0 Å². The summed E-state index contributed by atoms with van der Waals surface area (Å²) in [5.41, 5.74) is 6.94. The van der Waals surface area contributed by atoms with Crippen LogP contribution in [-0.2, 0) is 20.3 Å². The molecule has 0 spiro atoms. The molecule has 0 radical (unpaired) electrons. The van der Waals surface area contributed by atoms with Crippen LogP contribution in [0.2, 0.25) is 0 Å². The molecule has 0 unspecified atom stereocenters. The number of thiophene rings is 1. The van der Waals surface area contributed by atoms with Crippen molar-refractivity contribution in [1.29, 1.82) is 0 Å².